The minimum Gasteiger partial charge on any atom is -0.506 e. The summed E-state index contributed by atoms with van der Waals surface area (Å²) in [5.74, 6) is -3.61. The molecule has 0 unspecified atom stereocenters. The van der Waals surface area contributed by atoms with Crippen LogP contribution in [0.2, 0.25) is 0 Å². The lowest BCUT2D eigenvalue weighted by Gasteiger charge is -2.21. The molecule has 0 aliphatic heterocycles. The number of ether oxygens (including phenoxy) is 1. The van der Waals surface area contributed by atoms with Gasteiger partial charge in [-0.25, -0.2) is 13.6 Å². The number of benzene rings is 1. The summed E-state index contributed by atoms with van der Waals surface area (Å²) in [7, 11) is 0. The molecule has 1 amide bonds. The van der Waals surface area contributed by atoms with Gasteiger partial charge in [0, 0.05) is 18.6 Å². The fourth-order valence-corrected chi connectivity index (χ4v) is 1.56. The third-order valence-corrected chi connectivity index (χ3v) is 2.48. The van der Waals surface area contributed by atoms with Gasteiger partial charge in [0.25, 0.3) is 5.92 Å². The Morgan fingerprint density at radius 3 is 2.48 bits per heavy atom. The number of alkyl halides is 2. The number of carbonyl (C=O) groups excluding carboxylic acids is 1. The van der Waals surface area contributed by atoms with Crippen molar-refractivity contribution in [3.63, 3.8) is 0 Å². The summed E-state index contributed by atoms with van der Waals surface area (Å²) < 4.78 is 32.4. The van der Waals surface area contributed by atoms with Crippen LogP contribution in [0, 0.1) is 0 Å². The molecule has 3 N–H and O–H groups in total. The van der Waals surface area contributed by atoms with E-state index in [4.69, 9.17) is 9.84 Å². The van der Waals surface area contributed by atoms with Crippen molar-refractivity contribution in [1.82, 2.24) is 0 Å². The second-order valence-corrected chi connectivity index (χ2v) is 5.54. The zero-order valence-corrected chi connectivity index (χ0v) is 12.1. The molecule has 0 atom stereocenters. The van der Waals surface area contributed by atoms with Crippen LogP contribution in [0.25, 0.3) is 0 Å². The highest BCUT2D eigenvalue weighted by atomic mass is 19.3. The first-order valence-electron chi connectivity index (χ1n) is 6.37. The third-order valence-electron chi connectivity index (χ3n) is 2.48. The maximum Gasteiger partial charge on any atom is 0.412 e. The van der Waals surface area contributed by atoms with Gasteiger partial charge in [-0.3, -0.25) is 5.32 Å². The van der Waals surface area contributed by atoms with Crippen molar-refractivity contribution in [2.24, 2.45) is 0 Å². The van der Waals surface area contributed by atoms with Crippen molar-refractivity contribution in [2.75, 3.05) is 11.9 Å². The molecule has 21 heavy (non-hydrogen) atoms. The number of rotatable bonds is 4. The van der Waals surface area contributed by atoms with Gasteiger partial charge in [0.15, 0.2) is 0 Å². The van der Waals surface area contributed by atoms with Crippen LogP contribution in [0.5, 0.6) is 5.75 Å². The van der Waals surface area contributed by atoms with Gasteiger partial charge < -0.3 is 14.9 Å². The first-order chi connectivity index (χ1) is 9.55. The number of halogens is 2. The van der Waals surface area contributed by atoms with Gasteiger partial charge in [0.1, 0.15) is 11.4 Å². The van der Waals surface area contributed by atoms with Crippen LogP contribution in [0.4, 0.5) is 19.3 Å². The summed E-state index contributed by atoms with van der Waals surface area (Å²) in [6.07, 6.45) is -1.61. The summed E-state index contributed by atoms with van der Waals surface area (Å²) >= 11 is 0. The van der Waals surface area contributed by atoms with Gasteiger partial charge in [-0.15, -0.1) is 0 Å². The molecule has 0 fully saturated rings. The SMILES string of the molecule is CC(C)(C)OC(=O)Nc1cc(C(F)(F)CCO)ccc1O. The number of aliphatic hydroxyl groups excluding tert-OH is 1. The Labute approximate surface area is 121 Å². The molecule has 1 aromatic rings. The molecule has 5 nitrogen and oxygen atoms in total. The van der Waals surface area contributed by atoms with E-state index in [2.05, 4.69) is 5.32 Å². The first-order valence-corrected chi connectivity index (χ1v) is 6.37. The molecule has 0 bridgehead atoms. The van der Waals surface area contributed by atoms with Gasteiger partial charge in [0.2, 0.25) is 0 Å². The molecule has 0 radical (unpaired) electrons. The Kier molecular flexibility index (Phi) is 5.11. The van der Waals surface area contributed by atoms with E-state index < -0.39 is 36.2 Å². The molecule has 0 aromatic heterocycles. The summed E-state index contributed by atoms with van der Waals surface area (Å²) in [6, 6.07) is 3.04. The lowest BCUT2D eigenvalue weighted by molar-refractivity contribution is -0.0269. The summed E-state index contributed by atoms with van der Waals surface area (Å²) in [4.78, 5) is 11.6. The highest BCUT2D eigenvalue weighted by Gasteiger charge is 2.31. The van der Waals surface area contributed by atoms with E-state index in [1.54, 1.807) is 20.8 Å². The third kappa shape index (κ3) is 5.18. The summed E-state index contributed by atoms with van der Waals surface area (Å²) in [5, 5.41) is 20.5. The second kappa shape index (κ2) is 6.26. The van der Waals surface area contributed by atoms with Crippen molar-refractivity contribution in [2.45, 2.75) is 38.7 Å². The van der Waals surface area contributed by atoms with Gasteiger partial charge in [-0.05, 0) is 39.0 Å². The Balaban J connectivity index is 2.95. The number of phenolic OH excluding ortho intramolecular Hbond substituents is 1. The predicted molar refractivity (Wildman–Crippen MR) is 73.6 cm³/mol. The van der Waals surface area contributed by atoms with E-state index in [1.807, 2.05) is 0 Å². The smallest absolute Gasteiger partial charge is 0.412 e. The molecule has 1 rings (SSSR count). The lowest BCUT2D eigenvalue weighted by Crippen LogP contribution is -2.27. The van der Waals surface area contributed by atoms with E-state index in [0.717, 1.165) is 18.2 Å². The molecule has 0 saturated heterocycles. The van der Waals surface area contributed by atoms with Crippen molar-refractivity contribution in [3.05, 3.63) is 23.8 Å². The summed E-state index contributed by atoms with van der Waals surface area (Å²) in [5.41, 5.74) is -1.35. The number of hydrogen-bond donors (Lipinski definition) is 3. The van der Waals surface area contributed by atoms with Crippen molar-refractivity contribution < 1.29 is 28.5 Å². The number of hydrogen-bond acceptors (Lipinski definition) is 4. The van der Waals surface area contributed by atoms with Crippen LogP contribution in [0.15, 0.2) is 18.2 Å². The van der Waals surface area contributed by atoms with Crippen LogP contribution >= 0.6 is 0 Å². The number of anilines is 1. The highest BCUT2D eigenvalue weighted by molar-refractivity contribution is 5.87. The number of carbonyl (C=O) groups is 1. The minimum absolute atomic E-state index is 0.181. The van der Waals surface area contributed by atoms with Gasteiger partial charge >= 0.3 is 6.09 Å². The Bertz CT molecular complexity index is 512. The molecular formula is C14H19F2NO4. The number of phenols is 1. The number of aromatic hydroxyl groups is 1. The highest BCUT2D eigenvalue weighted by Crippen LogP contribution is 2.35. The fraction of sp³-hybridized carbons (Fsp3) is 0.500. The van der Waals surface area contributed by atoms with Gasteiger partial charge in [-0.2, -0.15) is 0 Å². The van der Waals surface area contributed by atoms with Crippen LogP contribution in [0.3, 0.4) is 0 Å². The van der Waals surface area contributed by atoms with Crippen LogP contribution in [-0.4, -0.2) is 28.5 Å². The molecule has 0 spiro atoms. The fourth-order valence-electron chi connectivity index (χ4n) is 1.56. The van der Waals surface area contributed by atoms with Crippen LogP contribution in [-0.2, 0) is 10.7 Å². The largest absolute Gasteiger partial charge is 0.506 e. The van der Waals surface area contributed by atoms with Crippen molar-refractivity contribution in [1.29, 1.82) is 0 Å². The van der Waals surface area contributed by atoms with Gasteiger partial charge in [-0.1, -0.05) is 0 Å². The molecule has 0 aliphatic rings. The average molecular weight is 303 g/mol. The topological polar surface area (TPSA) is 78.8 Å². The average Bonchev–Trinajstić information content (AvgIpc) is 2.29. The monoisotopic (exact) mass is 303 g/mol. The first kappa shape index (κ1) is 17.2. The normalized spacial score (nSPS) is 12.1. The molecule has 0 heterocycles. The molecule has 0 saturated carbocycles. The molecular weight excluding hydrogens is 284 g/mol. The summed E-state index contributed by atoms with van der Waals surface area (Å²) in [6.45, 7) is 4.28. The van der Waals surface area contributed by atoms with E-state index in [1.165, 1.54) is 0 Å². The maximum absolute atomic E-state index is 13.7. The van der Waals surface area contributed by atoms with Crippen molar-refractivity contribution >= 4 is 11.8 Å². The lowest BCUT2D eigenvalue weighted by atomic mass is 10.0. The Morgan fingerprint density at radius 2 is 1.95 bits per heavy atom. The molecule has 1 aromatic carbocycles. The number of aliphatic hydroxyl groups is 1. The van der Waals surface area contributed by atoms with Crippen molar-refractivity contribution in [3.8, 4) is 5.75 Å². The van der Waals surface area contributed by atoms with E-state index in [-0.39, 0.29) is 11.4 Å². The van der Waals surface area contributed by atoms with E-state index in [9.17, 15) is 18.7 Å². The second-order valence-electron chi connectivity index (χ2n) is 5.54. The minimum atomic E-state index is -3.26. The Morgan fingerprint density at radius 1 is 1.33 bits per heavy atom. The number of amides is 1. The molecule has 0 aliphatic carbocycles. The van der Waals surface area contributed by atoms with Crippen LogP contribution < -0.4 is 5.32 Å². The van der Waals surface area contributed by atoms with E-state index in [0.29, 0.717) is 0 Å². The predicted octanol–water partition coefficient (Wildman–Crippen LogP) is 3.21. The Hall–Kier alpha value is -1.89. The maximum atomic E-state index is 13.7. The van der Waals surface area contributed by atoms with E-state index >= 15 is 0 Å². The molecule has 7 heteroatoms. The molecule has 118 valence electrons. The zero-order chi connectivity index (χ0) is 16.3. The zero-order valence-electron chi connectivity index (χ0n) is 12.1. The number of nitrogens with one attached hydrogen (secondary N) is 1. The van der Waals surface area contributed by atoms with Crippen LogP contribution in [0.1, 0.15) is 32.8 Å². The van der Waals surface area contributed by atoms with Gasteiger partial charge in [0.05, 0.1) is 5.69 Å². The quantitative estimate of drug-likeness (QED) is 0.746. The standard InChI is InChI=1S/C14H19F2NO4/c1-13(2,3)21-12(20)17-10-8-9(4-5-11(10)19)14(15,16)6-7-18/h4-5,8,18-19H,6-7H2,1-3H3,(H,17,20).